The van der Waals surface area contributed by atoms with Gasteiger partial charge in [-0.2, -0.15) is 0 Å². The molecule has 5 nitrogen and oxygen atoms in total. The maximum Gasteiger partial charge on any atom is 0.101 e. The first-order valence-corrected chi connectivity index (χ1v) is 14.3. The number of rotatable bonds is 4. The Morgan fingerprint density at radius 1 is 0.512 bits per heavy atom. The minimum absolute atomic E-state index is 0.00588. The highest BCUT2D eigenvalue weighted by molar-refractivity contribution is 6.21. The summed E-state index contributed by atoms with van der Waals surface area (Å²) in [4.78, 5) is 0. The van der Waals surface area contributed by atoms with Gasteiger partial charge in [-0.05, 0) is 46.2 Å². The second-order valence-corrected chi connectivity index (χ2v) is 10.8. The maximum atomic E-state index is 3.78. The van der Waals surface area contributed by atoms with Crippen LogP contribution in [-0.2, 0) is 0 Å². The maximum absolute atomic E-state index is 3.78. The molecule has 200 valence electrons. The number of aromatic nitrogens is 1. The molecule has 1 fully saturated rings. The number of nitrogens with one attached hydrogen (secondary N) is 4. The van der Waals surface area contributed by atoms with Crippen molar-refractivity contribution in [2.24, 2.45) is 0 Å². The molecule has 0 aliphatic carbocycles. The lowest BCUT2D eigenvalue weighted by atomic mass is 10.0. The topological polar surface area (TPSA) is 53.0 Å². The van der Waals surface area contributed by atoms with Crippen LogP contribution in [0, 0.1) is 0 Å². The fraction of sp³-hybridized carbons (Fsp3) is 0.111. The van der Waals surface area contributed by atoms with E-state index in [0.29, 0.717) is 0 Å². The molecule has 3 heterocycles. The van der Waals surface area contributed by atoms with Crippen molar-refractivity contribution in [3.8, 4) is 0 Å². The fourth-order valence-electron chi connectivity index (χ4n) is 6.40. The Labute approximate surface area is 239 Å². The van der Waals surface area contributed by atoms with Crippen molar-refractivity contribution in [3.05, 3.63) is 150 Å². The average molecular weight is 534 g/mol. The lowest BCUT2D eigenvalue weighted by Crippen LogP contribution is -2.61. The monoisotopic (exact) mass is 533 g/mol. The third-order valence-electron chi connectivity index (χ3n) is 8.36. The molecular formula is C36H31N5. The lowest BCUT2D eigenvalue weighted by Gasteiger charge is -2.41. The van der Waals surface area contributed by atoms with E-state index < -0.39 is 0 Å². The van der Waals surface area contributed by atoms with Gasteiger partial charge in [0.05, 0.1) is 29.9 Å². The highest BCUT2D eigenvalue weighted by Crippen LogP contribution is 2.37. The SMILES string of the molecule is C1=C(C2NC(c3ccccc3)NC(c3ccccc3)N2)NCC(n2c3ccccc3c3c4ccccc4ccc32)=C1. The van der Waals surface area contributed by atoms with E-state index in [2.05, 4.69) is 159 Å². The van der Waals surface area contributed by atoms with E-state index in [4.69, 9.17) is 0 Å². The van der Waals surface area contributed by atoms with E-state index in [1.54, 1.807) is 0 Å². The van der Waals surface area contributed by atoms with Gasteiger partial charge in [0.15, 0.2) is 0 Å². The van der Waals surface area contributed by atoms with E-state index in [1.807, 2.05) is 0 Å². The van der Waals surface area contributed by atoms with Gasteiger partial charge >= 0.3 is 0 Å². The number of para-hydroxylation sites is 1. The zero-order chi connectivity index (χ0) is 27.2. The Bertz CT molecular complexity index is 1890. The van der Waals surface area contributed by atoms with Crippen molar-refractivity contribution in [2.45, 2.75) is 18.5 Å². The molecule has 4 N–H and O–H groups in total. The molecule has 1 saturated heterocycles. The zero-order valence-corrected chi connectivity index (χ0v) is 22.6. The van der Waals surface area contributed by atoms with Crippen molar-refractivity contribution in [3.63, 3.8) is 0 Å². The molecule has 2 aliphatic rings. The number of hydrogen-bond donors (Lipinski definition) is 4. The summed E-state index contributed by atoms with van der Waals surface area (Å²) in [5.41, 5.74) is 7.25. The van der Waals surface area contributed by atoms with Gasteiger partial charge < -0.3 is 9.88 Å². The highest BCUT2D eigenvalue weighted by Gasteiger charge is 2.31. The molecule has 2 unspecified atom stereocenters. The van der Waals surface area contributed by atoms with Crippen molar-refractivity contribution in [1.29, 1.82) is 0 Å². The van der Waals surface area contributed by atoms with Gasteiger partial charge in [0.2, 0.25) is 0 Å². The van der Waals surface area contributed by atoms with E-state index in [1.165, 1.54) is 49.4 Å². The standard InChI is InChI=1S/C36H31N5/c1-3-12-25(13-4-1)34-38-35(26-14-5-2-6-15-26)40-36(39-34)30-21-20-27(23-37-30)41-31-18-10-9-17-29(31)33-28-16-8-7-11-24(28)19-22-32(33)41/h1-22,34-40H,23H2. The van der Waals surface area contributed by atoms with E-state index in [-0.39, 0.29) is 18.5 Å². The Morgan fingerprint density at radius 2 is 1.12 bits per heavy atom. The average Bonchev–Trinajstić information content (AvgIpc) is 3.40. The fourth-order valence-corrected chi connectivity index (χ4v) is 6.40. The summed E-state index contributed by atoms with van der Waals surface area (Å²) in [5.74, 6) is 0. The van der Waals surface area contributed by atoms with Crippen molar-refractivity contribution in [2.75, 3.05) is 6.54 Å². The first kappa shape index (κ1) is 24.1. The summed E-state index contributed by atoms with van der Waals surface area (Å²) in [5, 5.41) is 20.2. The van der Waals surface area contributed by atoms with Crippen molar-refractivity contribution >= 4 is 38.3 Å². The number of fused-ring (bicyclic) bond motifs is 5. The summed E-state index contributed by atoms with van der Waals surface area (Å²) in [6.07, 6.45) is 4.46. The molecule has 41 heavy (non-hydrogen) atoms. The van der Waals surface area contributed by atoms with E-state index in [0.717, 1.165) is 12.2 Å². The van der Waals surface area contributed by atoms with Crippen LogP contribution in [0.1, 0.15) is 23.5 Å². The Morgan fingerprint density at radius 3 is 1.80 bits per heavy atom. The number of allylic oxidation sites excluding steroid dienone is 2. The predicted molar refractivity (Wildman–Crippen MR) is 169 cm³/mol. The number of benzene rings is 5. The van der Waals surface area contributed by atoms with Crippen LogP contribution in [0.4, 0.5) is 0 Å². The van der Waals surface area contributed by atoms with Gasteiger partial charge in [-0.3, -0.25) is 16.0 Å². The molecule has 0 spiro atoms. The molecule has 2 aliphatic heterocycles. The normalized spacial score (nSPS) is 21.0. The van der Waals surface area contributed by atoms with Crippen LogP contribution in [0.2, 0.25) is 0 Å². The van der Waals surface area contributed by atoms with Gasteiger partial charge in [0, 0.05) is 22.2 Å². The Kier molecular flexibility index (Phi) is 5.92. The third kappa shape index (κ3) is 4.23. The van der Waals surface area contributed by atoms with Crippen LogP contribution < -0.4 is 21.3 Å². The minimum atomic E-state index is -0.0495. The van der Waals surface area contributed by atoms with E-state index >= 15 is 0 Å². The smallest absolute Gasteiger partial charge is 0.101 e. The Hall–Kier alpha value is -4.68. The highest BCUT2D eigenvalue weighted by atomic mass is 15.4. The molecule has 2 atom stereocenters. The second-order valence-electron chi connectivity index (χ2n) is 10.8. The van der Waals surface area contributed by atoms with Crippen LogP contribution in [0.25, 0.3) is 38.3 Å². The van der Waals surface area contributed by atoms with Gasteiger partial charge in [-0.15, -0.1) is 0 Å². The van der Waals surface area contributed by atoms with Crippen LogP contribution in [-0.4, -0.2) is 17.3 Å². The van der Waals surface area contributed by atoms with Crippen molar-refractivity contribution in [1.82, 2.24) is 25.8 Å². The quantitative estimate of drug-likeness (QED) is 0.202. The van der Waals surface area contributed by atoms with Crippen LogP contribution in [0.15, 0.2) is 139 Å². The molecule has 5 aromatic carbocycles. The molecule has 1 aromatic heterocycles. The molecule has 8 rings (SSSR count). The largest absolute Gasteiger partial charge is 0.380 e. The summed E-state index contributed by atoms with van der Waals surface area (Å²) < 4.78 is 2.42. The molecule has 0 bridgehead atoms. The van der Waals surface area contributed by atoms with E-state index in [9.17, 15) is 0 Å². The van der Waals surface area contributed by atoms with Crippen LogP contribution in [0.5, 0.6) is 0 Å². The summed E-state index contributed by atoms with van der Waals surface area (Å²) in [7, 11) is 0. The van der Waals surface area contributed by atoms with Gasteiger partial charge in [-0.1, -0.05) is 109 Å². The zero-order valence-electron chi connectivity index (χ0n) is 22.6. The van der Waals surface area contributed by atoms with Gasteiger partial charge in [0.1, 0.15) is 6.17 Å². The lowest BCUT2D eigenvalue weighted by molar-refractivity contribution is 0.217. The first-order valence-electron chi connectivity index (χ1n) is 14.3. The first-order chi connectivity index (χ1) is 20.3. The molecule has 6 aromatic rings. The molecular weight excluding hydrogens is 502 g/mol. The molecule has 0 saturated carbocycles. The van der Waals surface area contributed by atoms with Crippen LogP contribution >= 0.6 is 0 Å². The number of hydrogen-bond acceptors (Lipinski definition) is 4. The van der Waals surface area contributed by atoms with Gasteiger partial charge in [0.25, 0.3) is 0 Å². The van der Waals surface area contributed by atoms with Crippen molar-refractivity contribution < 1.29 is 0 Å². The summed E-state index contributed by atoms with van der Waals surface area (Å²) in [6.45, 7) is 0.728. The van der Waals surface area contributed by atoms with Crippen LogP contribution in [0.3, 0.4) is 0 Å². The summed E-state index contributed by atoms with van der Waals surface area (Å²) >= 11 is 0. The molecule has 0 radical (unpaired) electrons. The summed E-state index contributed by atoms with van der Waals surface area (Å²) in [6, 6.07) is 43.1. The molecule has 0 amide bonds. The third-order valence-corrected chi connectivity index (χ3v) is 8.36. The second kappa shape index (κ2) is 10.1. The number of nitrogens with zero attached hydrogens (tertiary/aromatic N) is 1. The number of dihydropyridines is 1. The molecule has 5 heteroatoms. The Balaban J connectivity index is 1.18. The minimum Gasteiger partial charge on any atom is -0.380 e. The van der Waals surface area contributed by atoms with Gasteiger partial charge in [-0.25, -0.2) is 0 Å². The predicted octanol–water partition coefficient (Wildman–Crippen LogP) is 6.78.